The molecule has 3 aromatic rings. The number of amides is 1. The van der Waals surface area contributed by atoms with Crippen LogP contribution in [0.2, 0.25) is 5.02 Å². The smallest absolute Gasteiger partial charge is 0.225 e. The second-order valence-corrected chi connectivity index (χ2v) is 9.62. The van der Waals surface area contributed by atoms with Crippen LogP contribution < -0.4 is 9.47 Å². The number of halogens is 1. The fourth-order valence-corrected chi connectivity index (χ4v) is 5.37. The maximum absolute atomic E-state index is 13.4. The van der Waals surface area contributed by atoms with Gasteiger partial charge >= 0.3 is 0 Å². The first kappa shape index (κ1) is 25.5. The largest absolute Gasteiger partial charge is 0.493 e. The lowest BCUT2D eigenvalue weighted by molar-refractivity contribution is -0.136. The van der Waals surface area contributed by atoms with Gasteiger partial charge in [0.2, 0.25) is 5.91 Å². The Labute approximate surface area is 221 Å². The van der Waals surface area contributed by atoms with Crippen molar-refractivity contribution in [3.63, 3.8) is 0 Å². The summed E-state index contributed by atoms with van der Waals surface area (Å²) in [6, 6.07) is 11.3. The molecule has 2 aliphatic heterocycles. The van der Waals surface area contributed by atoms with Crippen LogP contribution in [0.15, 0.2) is 36.4 Å². The Bertz CT molecular complexity index is 1270. The molecule has 9 nitrogen and oxygen atoms in total. The van der Waals surface area contributed by atoms with E-state index in [1.807, 2.05) is 45.9 Å². The molecule has 10 heteroatoms. The van der Waals surface area contributed by atoms with Gasteiger partial charge < -0.3 is 23.8 Å². The molecule has 0 radical (unpaired) electrons. The molecule has 2 aromatic carbocycles. The van der Waals surface area contributed by atoms with E-state index >= 15 is 0 Å². The topological polar surface area (TPSA) is 87.9 Å². The highest BCUT2D eigenvalue weighted by Crippen LogP contribution is 2.46. The number of ether oxygens (including phenoxy) is 4. The Balaban J connectivity index is 1.66. The number of nitrogens with zero attached hydrogens (tertiary/aromatic N) is 4. The van der Waals surface area contributed by atoms with E-state index in [4.69, 9.17) is 30.5 Å². The molecule has 0 bridgehead atoms. The molecule has 0 saturated carbocycles. The molecule has 1 aromatic heterocycles. The number of hydrogen-bond donors (Lipinski definition) is 0. The molecule has 1 fully saturated rings. The van der Waals surface area contributed by atoms with Crippen LogP contribution in [0.3, 0.4) is 0 Å². The van der Waals surface area contributed by atoms with Gasteiger partial charge in [-0.05, 0) is 43.5 Å². The summed E-state index contributed by atoms with van der Waals surface area (Å²) in [5.41, 5.74) is 2.36. The van der Waals surface area contributed by atoms with Gasteiger partial charge in [0.1, 0.15) is 18.8 Å². The Morgan fingerprint density at radius 3 is 2.59 bits per heavy atom. The van der Waals surface area contributed by atoms with E-state index in [0.29, 0.717) is 28.2 Å². The molecule has 1 saturated heterocycles. The van der Waals surface area contributed by atoms with Gasteiger partial charge in [-0.1, -0.05) is 23.7 Å². The first-order chi connectivity index (χ1) is 18.0. The zero-order valence-electron chi connectivity index (χ0n) is 21.3. The Kier molecular flexibility index (Phi) is 7.64. The third-order valence-corrected chi connectivity index (χ3v) is 7.15. The number of likely N-dealkylation sites (tertiary alicyclic amines) is 1. The molecule has 0 N–H and O–H groups in total. The highest BCUT2D eigenvalue weighted by atomic mass is 35.5. The zero-order chi connectivity index (χ0) is 25.9. The van der Waals surface area contributed by atoms with Crippen molar-refractivity contribution >= 4 is 17.5 Å². The van der Waals surface area contributed by atoms with Gasteiger partial charge in [0.05, 0.1) is 26.3 Å². The van der Waals surface area contributed by atoms with Crippen molar-refractivity contribution in [3.05, 3.63) is 64.2 Å². The van der Waals surface area contributed by atoms with E-state index in [1.165, 1.54) is 0 Å². The second kappa shape index (κ2) is 11.1. The van der Waals surface area contributed by atoms with Crippen LogP contribution in [-0.4, -0.2) is 60.0 Å². The Morgan fingerprint density at radius 2 is 1.86 bits per heavy atom. The number of benzene rings is 2. The van der Waals surface area contributed by atoms with Crippen LogP contribution in [0.4, 0.5) is 0 Å². The van der Waals surface area contributed by atoms with Crippen LogP contribution in [0.1, 0.15) is 60.7 Å². The molecule has 0 aliphatic carbocycles. The minimum Gasteiger partial charge on any atom is -0.493 e. The lowest BCUT2D eigenvalue weighted by Gasteiger charge is -2.29. The first-order valence-corrected chi connectivity index (χ1v) is 12.8. The third kappa shape index (κ3) is 4.91. The van der Waals surface area contributed by atoms with Crippen molar-refractivity contribution in [2.24, 2.45) is 0 Å². The molecule has 5 rings (SSSR count). The molecule has 2 atom stereocenters. The first-order valence-electron chi connectivity index (χ1n) is 12.4. The number of piperidine rings is 1. The zero-order valence-corrected chi connectivity index (χ0v) is 22.0. The molecule has 196 valence electrons. The van der Waals surface area contributed by atoms with Crippen LogP contribution in [0.25, 0.3) is 5.69 Å². The van der Waals surface area contributed by atoms with Crippen molar-refractivity contribution in [3.8, 4) is 17.2 Å². The van der Waals surface area contributed by atoms with Crippen molar-refractivity contribution < 1.29 is 23.7 Å². The van der Waals surface area contributed by atoms with E-state index in [2.05, 4.69) is 10.2 Å². The lowest BCUT2D eigenvalue weighted by atomic mass is 9.98. The fourth-order valence-electron chi connectivity index (χ4n) is 5.19. The number of fused-ring (bicyclic) bond motifs is 3. The van der Waals surface area contributed by atoms with Crippen molar-refractivity contribution in [1.82, 2.24) is 19.7 Å². The van der Waals surface area contributed by atoms with Crippen molar-refractivity contribution in [1.29, 1.82) is 0 Å². The van der Waals surface area contributed by atoms with Gasteiger partial charge in [-0.3, -0.25) is 9.36 Å². The summed E-state index contributed by atoms with van der Waals surface area (Å²) in [6.45, 7) is 1.77. The van der Waals surface area contributed by atoms with E-state index < -0.39 is 12.2 Å². The van der Waals surface area contributed by atoms with Gasteiger partial charge in [-0.15, -0.1) is 10.2 Å². The quantitative estimate of drug-likeness (QED) is 0.443. The maximum atomic E-state index is 13.4. The average molecular weight is 527 g/mol. The molecule has 0 spiro atoms. The van der Waals surface area contributed by atoms with Crippen LogP contribution >= 0.6 is 11.6 Å². The minimum absolute atomic E-state index is 0.0351. The molecule has 3 heterocycles. The molecule has 37 heavy (non-hydrogen) atoms. The van der Waals surface area contributed by atoms with Crippen LogP contribution in [0.5, 0.6) is 11.5 Å². The van der Waals surface area contributed by atoms with E-state index in [0.717, 1.165) is 49.2 Å². The highest BCUT2D eigenvalue weighted by Gasteiger charge is 2.37. The number of rotatable bonds is 7. The Hall–Kier alpha value is -3.14. The Morgan fingerprint density at radius 1 is 1.05 bits per heavy atom. The highest BCUT2D eigenvalue weighted by molar-refractivity contribution is 6.30. The molecule has 1 amide bonds. The summed E-state index contributed by atoms with van der Waals surface area (Å²) in [5.74, 6) is 2.32. The lowest BCUT2D eigenvalue weighted by Crippen LogP contribution is -2.36. The fraction of sp³-hybridized carbons (Fsp3) is 0.444. The SMILES string of the molecule is COCc1nnc2n1-c1ccc(Cl)cc1C(c1cccc(OC)c1OC)OC2CC(=O)N1CCCCC1. The number of para-hydroxylation sites is 1. The number of aromatic nitrogens is 3. The molecule has 2 aliphatic rings. The third-order valence-electron chi connectivity index (χ3n) is 6.91. The summed E-state index contributed by atoms with van der Waals surface area (Å²) in [5, 5.41) is 9.43. The predicted molar refractivity (Wildman–Crippen MR) is 137 cm³/mol. The van der Waals surface area contributed by atoms with E-state index in [-0.39, 0.29) is 18.9 Å². The molecule has 2 unspecified atom stereocenters. The number of methoxy groups -OCH3 is 3. The average Bonchev–Trinajstić information content (AvgIpc) is 3.28. The minimum atomic E-state index is -0.667. The van der Waals surface area contributed by atoms with Crippen LogP contribution in [-0.2, 0) is 20.9 Å². The van der Waals surface area contributed by atoms with Gasteiger partial charge in [0.15, 0.2) is 23.1 Å². The van der Waals surface area contributed by atoms with Crippen molar-refractivity contribution in [2.45, 2.75) is 44.5 Å². The second-order valence-electron chi connectivity index (χ2n) is 9.18. The van der Waals surface area contributed by atoms with Crippen LogP contribution in [0, 0.1) is 0 Å². The molecular weight excluding hydrogens is 496 g/mol. The van der Waals surface area contributed by atoms with E-state index in [1.54, 1.807) is 21.3 Å². The number of carbonyl (C=O) groups is 1. The van der Waals surface area contributed by atoms with Gasteiger partial charge in [0.25, 0.3) is 0 Å². The summed E-state index contributed by atoms with van der Waals surface area (Å²) in [4.78, 5) is 15.3. The summed E-state index contributed by atoms with van der Waals surface area (Å²) < 4.78 is 25.5. The standard InChI is InChI=1S/C27H31ClN4O5/c1-34-16-23-29-30-27-22(15-24(33)31-12-5-4-6-13-31)37-25(18-8-7-9-21(35-2)26(18)36-3)19-14-17(28)10-11-20(19)32(23)27/h7-11,14,22,25H,4-6,12-13,15-16H2,1-3H3. The number of hydrogen-bond acceptors (Lipinski definition) is 7. The van der Waals surface area contributed by atoms with Gasteiger partial charge in [0, 0.05) is 36.3 Å². The normalized spacial score (nSPS) is 19.1. The maximum Gasteiger partial charge on any atom is 0.225 e. The van der Waals surface area contributed by atoms with E-state index in [9.17, 15) is 4.79 Å². The molecular formula is C27H31ClN4O5. The summed E-state index contributed by atoms with van der Waals surface area (Å²) in [7, 11) is 4.80. The monoisotopic (exact) mass is 526 g/mol. The van der Waals surface area contributed by atoms with Gasteiger partial charge in [-0.25, -0.2) is 0 Å². The predicted octanol–water partition coefficient (Wildman–Crippen LogP) is 4.65. The summed E-state index contributed by atoms with van der Waals surface area (Å²) >= 11 is 6.50. The summed E-state index contributed by atoms with van der Waals surface area (Å²) in [6.07, 6.45) is 2.02. The van der Waals surface area contributed by atoms with Gasteiger partial charge in [-0.2, -0.15) is 0 Å². The number of carbonyl (C=O) groups excluding carboxylic acids is 1. The van der Waals surface area contributed by atoms with Crippen molar-refractivity contribution in [2.75, 3.05) is 34.4 Å².